The quantitative estimate of drug-likeness (QED) is 0.844. The number of hydrogen-bond donors (Lipinski definition) is 1. The third-order valence-electron chi connectivity index (χ3n) is 2.47. The van der Waals surface area contributed by atoms with Crippen LogP contribution in [-0.2, 0) is 6.54 Å². The monoisotopic (exact) mass is 285 g/mol. The summed E-state index contributed by atoms with van der Waals surface area (Å²) < 4.78 is 52.6. The molecule has 0 amide bonds. The molecule has 0 spiro atoms. The third kappa shape index (κ3) is 4.46. The van der Waals surface area contributed by atoms with Gasteiger partial charge in [-0.2, -0.15) is 0 Å². The molecule has 0 heterocycles. The minimum absolute atomic E-state index is 0.284. The summed E-state index contributed by atoms with van der Waals surface area (Å²) in [4.78, 5) is 0. The lowest BCUT2D eigenvalue weighted by Gasteiger charge is -2.10. The van der Waals surface area contributed by atoms with E-state index in [0.29, 0.717) is 12.2 Å². The molecule has 2 aromatic carbocycles. The molecular formula is C14H11F4NO. The van der Waals surface area contributed by atoms with Crippen LogP contribution in [0.2, 0.25) is 0 Å². The number of benzene rings is 2. The highest BCUT2D eigenvalue weighted by molar-refractivity contribution is 5.46. The Bertz CT molecular complexity index is 566. The molecule has 0 aliphatic heterocycles. The molecule has 6 heteroatoms. The highest BCUT2D eigenvalue weighted by Crippen LogP contribution is 2.24. The van der Waals surface area contributed by atoms with Crippen molar-refractivity contribution < 1.29 is 22.3 Å². The number of anilines is 1. The van der Waals surface area contributed by atoms with Crippen molar-refractivity contribution in [3.05, 3.63) is 59.9 Å². The highest BCUT2D eigenvalue weighted by atomic mass is 19.4. The van der Waals surface area contributed by atoms with Crippen molar-refractivity contribution in [2.45, 2.75) is 12.9 Å². The Morgan fingerprint density at radius 2 is 1.70 bits per heavy atom. The Hall–Kier alpha value is -2.24. The maximum absolute atomic E-state index is 13.0. The average Bonchev–Trinajstić information content (AvgIpc) is 2.36. The van der Waals surface area contributed by atoms with Gasteiger partial charge in [0.05, 0.1) is 0 Å². The van der Waals surface area contributed by atoms with Crippen molar-refractivity contribution >= 4 is 5.69 Å². The molecule has 2 rings (SSSR count). The first kappa shape index (κ1) is 14.2. The number of ether oxygens (including phenoxy) is 1. The van der Waals surface area contributed by atoms with Gasteiger partial charge in [-0.15, -0.1) is 13.2 Å². The van der Waals surface area contributed by atoms with Crippen LogP contribution in [0.1, 0.15) is 5.56 Å². The van der Waals surface area contributed by atoms with Crippen LogP contribution >= 0.6 is 0 Å². The molecule has 0 unspecified atom stereocenters. The van der Waals surface area contributed by atoms with E-state index in [2.05, 4.69) is 10.1 Å². The van der Waals surface area contributed by atoms with Crippen LogP contribution in [0.15, 0.2) is 48.5 Å². The molecule has 0 saturated carbocycles. The summed E-state index contributed by atoms with van der Waals surface area (Å²) in [7, 11) is 0. The lowest BCUT2D eigenvalue weighted by atomic mass is 10.2. The van der Waals surface area contributed by atoms with E-state index in [1.54, 1.807) is 12.1 Å². The Labute approximate surface area is 113 Å². The molecule has 0 aliphatic carbocycles. The molecule has 1 N–H and O–H groups in total. The standard InChI is InChI=1S/C14H11F4NO/c15-11-3-1-2-10(8-11)9-19-12-4-6-13(7-5-12)20-14(16,17)18/h1-8,19H,9H2. The smallest absolute Gasteiger partial charge is 0.406 e. The van der Waals surface area contributed by atoms with E-state index in [9.17, 15) is 17.6 Å². The fraction of sp³-hybridized carbons (Fsp3) is 0.143. The second-order valence-corrected chi connectivity index (χ2v) is 4.06. The molecule has 0 aromatic heterocycles. The predicted molar refractivity (Wildman–Crippen MR) is 66.9 cm³/mol. The van der Waals surface area contributed by atoms with Gasteiger partial charge in [-0.05, 0) is 42.0 Å². The topological polar surface area (TPSA) is 21.3 Å². The zero-order valence-corrected chi connectivity index (χ0v) is 10.2. The van der Waals surface area contributed by atoms with Crippen LogP contribution in [0.25, 0.3) is 0 Å². The maximum atomic E-state index is 13.0. The maximum Gasteiger partial charge on any atom is 0.573 e. The number of rotatable bonds is 4. The van der Waals surface area contributed by atoms with Gasteiger partial charge in [-0.1, -0.05) is 12.1 Å². The van der Waals surface area contributed by atoms with Crippen LogP contribution in [0, 0.1) is 5.82 Å². The summed E-state index contributed by atoms with van der Waals surface area (Å²) in [5.41, 5.74) is 1.35. The van der Waals surface area contributed by atoms with Gasteiger partial charge in [0.2, 0.25) is 0 Å². The molecule has 0 fully saturated rings. The number of halogens is 4. The Kier molecular flexibility index (Phi) is 4.12. The fourth-order valence-corrected chi connectivity index (χ4v) is 1.63. The molecule has 0 saturated heterocycles. The van der Waals surface area contributed by atoms with Crippen molar-refractivity contribution in [3.8, 4) is 5.75 Å². The van der Waals surface area contributed by atoms with Crippen molar-refractivity contribution in [2.24, 2.45) is 0 Å². The average molecular weight is 285 g/mol. The molecule has 0 aliphatic rings. The summed E-state index contributed by atoms with van der Waals surface area (Å²) in [6.45, 7) is 0.372. The highest BCUT2D eigenvalue weighted by Gasteiger charge is 2.30. The number of hydrogen-bond acceptors (Lipinski definition) is 2. The van der Waals surface area contributed by atoms with Crippen LogP contribution in [0.3, 0.4) is 0 Å². The molecule has 20 heavy (non-hydrogen) atoms. The van der Waals surface area contributed by atoms with Crippen molar-refractivity contribution in [1.29, 1.82) is 0 Å². The van der Waals surface area contributed by atoms with Crippen LogP contribution in [-0.4, -0.2) is 6.36 Å². The lowest BCUT2D eigenvalue weighted by Crippen LogP contribution is -2.17. The van der Waals surface area contributed by atoms with E-state index in [0.717, 1.165) is 5.56 Å². The predicted octanol–water partition coefficient (Wildman–Crippen LogP) is 4.34. The summed E-state index contributed by atoms with van der Waals surface area (Å²) >= 11 is 0. The van der Waals surface area contributed by atoms with Crippen LogP contribution in [0.5, 0.6) is 5.75 Å². The van der Waals surface area contributed by atoms with Gasteiger partial charge in [0.25, 0.3) is 0 Å². The minimum atomic E-state index is -4.70. The normalized spacial score (nSPS) is 11.2. The lowest BCUT2D eigenvalue weighted by molar-refractivity contribution is -0.274. The van der Waals surface area contributed by atoms with Gasteiger partial charge in [0.1, 0.15) is 11.6 Å². The molecule has 2 nitrogen and oxygen atoms in total. The second-order valence-electron chi connectivity index (χ2n) is 4.06. The van der Waals surface area contributed by atoms with Crippen molar-refractivity contribution in [2.75, 3.05) is 5.32 Å². The van der Waals surface area contributed by atoms with E-state index < -0.39 is 6.36 Å². The molecule has 106 valence electrons. The molecule has 0 bridgehead atoms. The summed E-state index contributed by atoms with van der Waals surface area (Å²) in [5.74, 6) is -0.618. The van der Waals surface area contributed by atoms with E-state index in [1.807, 2.05) is 0 Å². The van der Waals surface area contributed by atoms with E-state index in [-0.39, 0.29) is 11.6 Å². The molecule has 0 radical (unpaired) electrons. The first-order chi connectivity index (χ1) is 9.42. The molecule has 2 aromatic rings. The van der Waals surface area contributed by atoms with Crippen molar-refractivity contribution in [3.63, 3.8) is 0 Å². The Morgan fingerprint density at radius 1 is 1.00 bits per heavy atom. The largest absolute Gasteiger partial charge is 0.573 e. The van der Waals surface area contributed by atoms with Gasteiger partial charge in [-0.3, -0.25) is 0 Å². The van der Waals surface area contributed by atoms with E-state index in [4.69, 9.17) is 0 Å². The number of alkyl halides is 3. The zero-order chi connectivity index (χ0) is 14.6. The number of nitrogens with one attached hydrogen (secondary N) is 1. The SMILES string of the molecule is Fc1cccc(CNc2ccc(OC(F)(F)F)cc2)c1. The first-order valence-electron chi connectivity index (χ1n) is 5.76. The fourth-order valence-electron chi connectivity index (χ4n) is 1.63. The molecular weight excluding hydrogens is 274 g/mol. The Morgan fingerprint density at radius 3 is 2.30 bits per heavy atom. The van der Waals surface area contributed by atoms with Gasteiger partial charge >= 0.3 is 6.36 Å². The molecule has 0 atom stereocenters. The van der Waals surface area contributed by atoms with Crippen LogP contribution < -0.4 is 10.1 Å². The second kappa shape index (κ2) is 5.81. The summed E-state index contributed by atoms with van der Waals surface area (Å²) in [5, 5.41) is 2.97. The van der Waals surface area contributed by atoms with E-state index in [1.165, 1.54) is 36.4 Å². The zero-order valence-electron chi connectivity index (χ0n) is 10.2. The van der Waals surface area contributed by atoms with Crippen molar-refractivity contribution in [1.82, 2.24) is 0 Å². The van der Waals surface area contributed by atoms with E-state index >= 15 is 0 Å². The third-order valence-corrected chi connectivity index (χ3v) is 2.47. The van der Waals surface area contributed by atoms with Gasteiger partial charge in [-0.25, -0.2) is 4.39 Å². The van der Waals surface area contributed by atoms with Crippen LogP contribution in [0.4, 0.5) is 23.2 Å². The minimum Gasteiger partial charge on any atom is -0.406 e. The first-order valence-corrected chi connectivity index (χ1v) is 5.76. The van der Waals surface area contributed by atoms with Gasteiger partial charge in [0, 0.05) is 12.2 Å². The van der Waals surface area contributed by atoms with Gasteiger partial charge in [0.15, 0.2) is 0 Å². The Balaban J connectivity index is 1.94. The van der Waals surface area contributed by atoms with Gasteiger partial charge < -0.3 is 10.1 Å². The summed E-state index contributed by atoms with van der Waals surface area (Å²) in [6, 6.07) is 11.4. The summed E-state index contributed by atoms with van der Waals surface area (Å²) in [6.07, 6.45) is -4.70.